The number of aliphatic hydroxyl groups excluding tert-OH is 1. The van der Waals surface area contributed by atoms with Crippen LogP contribution in [0.5, 0.6) is 0 Å². The number of hydrogen-bond donors (Lipinski definition) is 2. The molecule has 2 rings (SSSR count). The van der Waals surface area contributed by atoms with E-state index in [-0.39, 0.29) is 12.1 Å². The molecule has 0 aromatic heterocycles. The lowest BCUT2D eigenvalue weighted by atomic mass is 9.97. The molecule has 0 radical (unpaired) electrons. The topological polar surface area (TPSA) is 38.7 Å². The summed E-state index contributed by atoms with van der Waals surface area (Å²) in [7, 11) is 0. The third kappa shape index (κ3) is 4.15. The summed E-state index contributed by atoms with van der Waals surface area (Å²) in [6.07, 6.45) is 5.24. The van der Waals surface area contributed by atoms with E-state index in [1.807, 2.05) is 0 Å². The van der Waals surface area contributed by atoms with Crippen LogP contribution in [0.4, 0.5) is 0 Å². The average Bonchev–Trinajstić information content (AvgIpc) is 2.45. The number of nitrogens with one attached hydrogen (secondary N) is 1. The van der Waals surface area contributed by atoms with Gasteiger partial charge in [0.25, 0.3) is 0 Å². The van der Waals surface area contributed by atoms with Gasteiger partial charge in [-0.3, -0.25) is 9.80 Å². The summed E-state index contributed by atoms with van der Waals surface area (Å²) in [4.78, 5) is 5.21. The molecule has 0 amide bonds. The highest BCUT2D eigenvalue weighted by Crippen LogP contribution is 2.22. The molecule has 2 unspecified atom stereocenters. The number of fused-ring (bicyclic) bond motifs is 1. The maximum atomic E-state index is 9.68. The minimum Gasteiger partial charge on any atom is -0.394 e. The zero-order chi connectivity index (χ0) is 13.7. The normalized spacial score (nSPS) is 28.9. The van der Waals surface area contributed by atoms with Crippen molar-refractivity contribution in [3.05, 3.63) is 0 Å². The van der Waals surface area contributed by atoms with Crippen LogP contribution in [0.2, 0.25) is 0 Å². The minimum absolute atomic E-state index is 0.146. The number of piperazine rings is 1. The lowest BCUT2D eigenvalue weighted by Crippen LogP contribution is -2.60. The number of aliphatic hydroxyl groups is 1. The predicted octanol–water partition coefficient (Wildman–Crippen LogP) is 0.907. The van der Waals surface area contributed by atoms with Gasteiger partial charge in [0.2, 0.25) is 0 Å². The van der Waals surface area contributed by atoms with Crippen molar-refractivity contribution < 1.29 is 5.11 Å². The van der Waals surface area contributed by atoms with E-state index in [2.05, 4.69) is 29.0 Å². The van der Waals surface area contributed by atoms with E-state index >= 15 is 0 Å². The van der Waals surface area contributed by atoms with Crippen LogP contribution in [0.1, 0.15) is 39.5 Å². The molecule has 0 spiro atoms. The van der Waals surface area contributed by atoms with Gasteiger partial charge in [0, 0.05) is 32.2 Å². The predicted molar refractivity (Wildman–Crippen MR) is 79.4 cm³/mol. The molecule has 2 aliphatic rings. The summed E-state index contributed by atoms with van der Waals surface area (Å²) in [6, 6.07) is 0.761. The molecule has 2 atom stereocenters. The Morgan fingerprint density at radius 1 is 1.26 bits per heavy atom. The first-order chi connectivity index (χ1) is 9.17. The maximum Gasteiger partial charge on any atom is 0.0623 e. The van der Waals surface area contributed by atoms with Crippen LogP contribution in [-0.2, 0) is 0 Å². The van der Waals surface area contributed by atoms with Crippen molar-refractivity contribution in [3.63, 3.8) is 0 Å². The van der Waals surface area contributed by atoms with E-state index < -0.39 is 0 Å². The van der Waals surface area contributed by atoms with Crippen molar-refractivity contribution in [2.75, 3.05) is 45.9 Å². The third-order valence-electron chi connectivity index (χ3n) is 4.64. The molecule has 0 aromatic rings. The van der Waals surface area contributed by atoms with E-state index in [1.54, 1.807) is 0 Å². The van der Waals surface area contributed by atoms with Gasteiger partial charge in [0.05, 0.1) is 12.1 Å². The number of nitrogens with zero attached hydrogens (tertiary/aromatic N) is 2. The smallest absolute Gasteiger partial charge is 0.0623 e. The first-order valence-corrected chi connectivity index (χ1v) is 7.99. The van der Waals surface area contributed by atoms with Gasteiger partial charge in [0.15, 0.2) is 0 Å². The molecule has 2 N–H and O–H groups in total. The summed E-state index contributed by atoms with van der Waals surface area (Å²) in [6.45, 7) is 11.3. The van der Waals surface area contributed by atoms with E-state index in [1.165, 1.54) is 38.9 Å². The van der Waals surface area contributed by atoms with Crippen molar-refractivity contribution in [1.82, 2.24) is 15.1 Å². The van der Waals surface area contributed by atoms with E-state index in [4.69, 9.17) is 0 Å². The van der Waals surface area contributed by atoms with Gasteiger partial charge < -0.3 is 10.4 Å². The molecule has 19 heavy (non-hydrogen) atoms. The fraction of sp³-hybridized carbons (Fsp3) is 1.00. The molecular weight excluding hydrogens is 238 g/mol. The summed E-state index contributed by atoms with van der Waals surface area (Å²) < 4.78 is 0. The summed E-state index contributed by atoms with van der Waals surface area (Å²) in [5, 5.41) is 13.2. The molecular formula is C15H31N3O. The van der Waals surface area contributed by atoms with Gasteiger partial charge in [-0.2, -0.15) is 0 Å². The molecule has 4 heteroatoms. The van der Waals surface area contributed by atoms with Gasteiger partial charge in [-0.25, -0.2) is 0 Å². The molecule has 0 saturated carbocycles. The van der Waals surface area contributed by atoms with Crippen molar-refractivity contribution in [2.24, 2.45) is 0 Å². The van der Waals surface area contributed by atoms with Crippen LogP contribution in [0.15, 0.2) is 0 Å². The van der Waals surface area contributed by atoms with E-state index in [9.17, 15) is 5.11 Å². The Morgan fingerprint density at radius 3 is 2.84 bits per heavy atom. The van der Waals surface area contributed by atoms with Crippen LogP contribution in [0, 0.1) is 0 Å². The van der Waals surface area contributed by atoms with Crippen molar-refractivity contribution >= 4 is 0 Å². The lowest BCUT2D eigenvalue weighted by molar-refractivity contribution is 0.0268. The summed E-state index contributed by atoms with van der Waals surface area (Å²) in [5.41, 5.74) is -0.146. The second-order valence-electron chi connectivity index (χ2n) is 6.57. The monoisotopic (exact) mass is 269 g/mol. The third-order valence-corrected chi connectivity index (χ3v) is 4.64. The fourth-order valence-corrected chi connectivity index (χ4v) is 3.45. The zero-order valence-electron chi connectivity index (χ0n) is 12.7. The highest BCUT2D eigenvalue weighted by molar-refractivity contribution is 4.91. The SMILES string of the molecule is CCCNC(C)(CO)CN1CCN2CCCCC2C1. The fourth-order valence-electron chi connectivity index (χ4n) is 3.45. The minimum atomic E-state index is -0.146. The largest absolute Gasteiger partial charge is 0.394 e. The molecule has 2 saturated heterocycles. The van der Waals surface area contributed by atoms with Crippen LogP contribution in [-0.4, -0.2) is 72.4 Å². The van der Waals surface area contributed by atoms with Gasteiger partial charge in [-0.05, 0) is 39.3 Å². The Bertz CT molecular complexity index is 274. The second kappa shape index (κ2) is 7.02. The lowest BCUT2D eigenvalue weighted by Gasteiger charge is -2.46. The highest BCUT2D eigenvalue weighted by Gasteiger charge is 2.32. The summed E-state index contributed by atoms with van der Waals surface area (Å²) >= 11 is 0. The Hall–Kier alpha value is -0.160. The molecule has 112 valence electrons. The number of piperidine rings is 1. The Labute approximate surface area is 118 Å². The van der Waals surface area contributed by atoms with Gasteiger partial charge in [-0.1, -0.05) is 13.3 Å². The average molecular weight is 269 g/mol. The standard InChI is InChI=1S/C15H31N3O/c1-3-7-16-15(2,13-19)12-17-9-10-18-8-5-4-6-14(18)11-17/h14,16,19H,3-13H2,1-2H3. The van der Waals surface area contributed by atoms with E-state index in [0.717, 1.165) is 32.1 Å². The molecule has 2 heterocycles. The molecule has 2 aliphatic heterocycles. The van der Waals surface area contributed by atoms with Crippen LogP contribution >= 0.6 is 0 Å². The molecule has 2 fully saturated rings. The Balaban J connectivity index is 1.84. The van der Waals surface area contributed by atoms with Crippen molar-refractivity contribution in [1.29, 1.82) is 0 Å². The van der Waals surface area contributed by atoms with Crippen LogP contribution in [0.25, 0.3) is 0 Å². The molecule has 0 aromatic carbocycles. The molecule has 0 aliphatic carbocycles. The van der Waals surface area contributed by atoms with E-state index in [0.29, 0.717) is 0 Å². The zero-order valence-corrected chi connectivity index (χ0v) is 12.7. The Morgan fingerprint density at radius 2 is 2.11 bits per heavy atom. The Kier molecular flexibility index (Phi) is 5.63. The first-order valence-electron chi connectivity index (χ1n) is 7.99. The maximum absolute atomic E-state index is 9.68. The first kappa shape index (κ1) is 15.2. The highest BCUT2D eigenvalue weighted by atomic mass is 16.3. The van der Waals surface area contributed by atoms with Gasteiger partial charge in [0.1, 0.15) is 0 Å². The molecule has 4 nitrogen and oxygen atoms in total. The second-order valence-corrected chi connectivity index (χ2v) is 6.57. The van der Waals surface area contributed by atoms with Gasteiger partial charge in [-0.15, -0.1) is 0 Å². The van der Waals surface area contributed by atoms with Crippen molar-refractivity contribution in [2.45, 2.75) is 51.1 Å². The summed E-state index contributed by atoms with van der Waals surface area (Å²) in [5.74, 6) is 0. The number of hydrogen-bond acceptors (Lipinski definition) is 4. The van der Waals surface area contributed by atoms with Crippen molar-refractivity contribution in [3.8, 4) is 0 Å². The number of rotatable bonds is 6. The quantitative estimate of drug-likeness (QED) is 0.752. The molecule has 0 bridgehead atoms. The van der Waals surface area contributed by atoms with Gasteiger partial charge >= 0.3 is 0 Å². The van der Waals surface area contributed by atoms with Crippen LogP contribution < -0.4 is 5.32 Å². The van der Waals surface area contributed by atoms with Crippen LogP contribution in [0.3, 0.4) is 0 Å².